The van der Waals surface area contributed by atoms with Crippen LogP contribution in [0.1, 0.15) is 30.6 Å². The number of rotatable bonds is 3. The van der Waals surface area contributed by atoms with Gasteiger partial charge in [-0.2, -0.15) is 0 Å². The maximum atomic E-state index is 13.2. The Balaban J connectivity index is 1.32. The van der Waals surface area contributed by atoms with Crippen molar-refractivity contribution in [2.45, 2.75) is 32.2 Å². The number of nitrogens with one attached hydrogen (secondary N) is 1. The molecule has 0 atom stereocenters. The van der Waals surface area contributed by atoms with Crippen LogP contribution < -0.4 is 19.7 Å². The number of halogens is 1. The van der Waals surface area contributed by atoms with E-state index < -0.39 is 0 Å². The first-order valence-electron chi connectivity index (χ1n) is 13.1. The molecule has 2 aliphatic rings. The van der Waals surface area contributed by atoms with Gasteiger partial charge in [0.15, 0.2) is 22.4 Å². The van der Waals surface area contributed by atoms with Crippen LogP contribution in [0, 0.1) is 0 Å². The third kappa shape index (κ3) is 7.38. The van der Waals surface area contributed by atoms with Crippen LogP contribution in [0.5, 0.6) is 17.2 Å². The van der Waals surface area contributed by atoms with Crippen LogP contribution in [-0.4, -0.2) is 61.8 Å². The predicted octanol–water partition coefficient (Wildman–Crippen LogP) is 5.82. The molecule has 0 unspecified atom stereocenters. The average molecular weight is 557 g/mol. The van der Waals surface area contributed by atoms with Crippen LogP contribution >= 0.6 is 22.9 Å². The summed E-state index contributed by atoms with van der Waals surface area (Å²) < 4.78 is 17.7. The molecule has 0 bridgehead atoms. The van der Waals surface area contributed by atoms with Crippen LogP contribution in [0.4, 0.5) is 10.8 Å². The molecule has 1 amide bonds. The van der Waals surface area contributed by atoms with Crippen molar-refractivity contribution in [1.29, 1.82) is 0 Å². The number of amides is 1. The van der Waals surface area contributed by atoms with Crippen molar-refractivity contribution >= 4 is 39.7 Å². The topological polar surface area (TPSA) is 76.2 Å². The fraction of sp³-hybridized carbons (Fsp3) is 0.429. The van der Waals surface area contributed by atoms with E-state index in [1.807, 2.05) is 30.5 Å². The number of anilines is 2. The van der Waals surface area contributed by atoms with E-state index in [1.165, 1.54) is 0 Å². The summed E-state index contributed by atoms with van der Waals surface area (Å²) in [4.78, 5) is 23.5. The highest BCUT2D eigenvalue weighted by molar-refractivity contribution is 7.15. The van der Waals surface area contributed by atoms with Gasteiger partial charge in [0.1, 0.15) is 0 Å². The predicted molar refractivity (Wildman–Crippen MR) is 151 cm³/mol. The van der Waals surface area contributed by atoms with Gasteiger partial charge in [0.05, 0.1) is 32.1 Å². The van der Waals surface area contributed by atoms with Crippen molar-refractivity contribution in [3.8, 4) is 17.2 Å². The second kappa shape index (κ2) is 13.3. The first-order chi connectivity index (χ1) is 18.6. The summed E-state index contributed by atoms with van der Waals surface area (Å²) in [5.74, 6) is 1.67. The summed E-state index contributed by atoms with van der Waals surface area (Å²) in [5.41, 5.74) is 0.525. The Bertz CT molecular complexity index is 1220. The maximum absolute atomic E-state index is 13.2. The lowest BCUT2D eigenvalue weighted by atomic mass is 10.2. The van der Waals surface area contributed by atoms with E-state index in [9.17, 15) is 4.79 Å². The molecule has 1 fully saturated rings. The third-order valence-electron chi connectivity index (χ3n) is 6.48. The number of nitrogens with zero attached hydrogens (tertiary/aromatic N) is 3. The van der Waals surface area contributed by atoms with Crippen LogP contribution in [0.25, 0.3) is 0 Å². The normalized spacial score (nSPS) is 18.0. The third-order valence-corrected chi connectivity index (χ3v) is 7.76. The standard InChI is InChI=1S/C28H33ClN4O4S/c29-21-9-10-24-23(17-21)31-27(34)20-32(19-22-18-30-28(38-22)33-12-15-35-16-13-33)11-5-1-2-6-14-36-25-7-3-4-8-26(25)37-24/h3-4,7-10,17-18H,1-2,5-6,11-16,19-20H2,(H,31,34). The lowest BCUT2D eigenvalue weighted by Gasteiger charge is -2.26. The maximum Gasteiger partial charge on any atom is 0.238 e. The molecule has 0 radical (unpaired) electrons. The monoisotopic (exact) mass is 556 g/mol. The second-order valence-electron chi connectivity index (χ2n) is 9.42. The molecule has 2 aliphatic heterocycles. The lowest BCUT2D eigenvalue weighted by Crippen LogP contribution is -2.36. The number of morpholine rings is 1. The quantitative estimate of drug-likeness (QED) is 0.435. The molecule has 3 aromatic rings. The lowest BCUT2D eigenvalue weighted by molar-refractivity contribution is -0.117. The van der Waals surface area contributed by atoms with E-state index in [1.54, 1.807) is 29.5 Å². The highest BCUT2D eigenvalue weighted by Crippen LogP contribution is 2.36. The molecule has 202 valence electrons. The summed E-state index contributed by atoms with van der Waals surface area (Å²) >= 11 is 7.97. The zero-order chi connectivity index (χ0) is 26.2. The van der Waals surface area contributed by atoms with Crippen LogP contribution in [-0.2, 0) is 16.1 Å². The summed E-state index contributed by atoms with van der Waals surface area (Å²) in [6.45, 7) is 5.55. The molecule has 0 saturated carbocycles. The number of benzene rings is 2. The van der Waals surface area contributed by atoms with Gasteiger partial charge in [0, 0.05) is 35.7 Å². The SMILES string of the molecule is O=C1CN(Cc2cnc(N3CCOCC3)s2)CCCCCCOc2ccccc2Oc2ccc(Cl)cc2N1. The Morgan fingerprint density at radius 3 is 2.63 bits per heavy atom. The molecular weight excluding hydrogens is 524 g/mol. The molecule has 1 saturated heterocycles. The van der Waals surface area contributed by atoms with E-state index >= 15 is 0 Å². The van der Waals surface area contributed by atoms with E-state index in [0.717, 1.165) is 68.5 Å². The van der Waals surface area contributed by atoms with E-state index in [4.69, 9.17) is 25.8 Å². The van der Waals surface area contributed by atoms with Gasteiger partial charge < -0.3 is 24.4 Å². The molecule has 2 aromatic carbocycles. The van der Waals surface area contributed by atoms with Gasteiger partial charge in [0.2, 0.25) is 5.91 Å². The van der Waals surface area contributed by atoms with Crippen LogP contribution in [0.3, 0.4) is 0 Å². The fourth-order valence-corrected chi connectivity index (χ4v) is 5.71. The smallest absolute Gasteiger partial charge is 0.238 e. The van der Waals surface area contributed by atoms with Gasteiger partial charge in [-0.05, 0) is 49.7 Å². The van der Waals surface area contributed by atoms with Crippen molar-refractivity contribution in [3.63, 3.8) is 0 Å². The van der Waals surface area contributed by atoms with Crippen molar-refractivity contribution in [2.75, 3.05) is 56.2 Å². The minimum absolute atomic E-state index is 0.119. The molecular formula is C28H33ClN4O4S. The van der Waals surface area contributed by atoms with Gasteiger partial charge in [-0.1, -0.05) is 36.6 Å². The molecule has 10 heteroatoms. The van der Waals surface area contributed by atoms with E-state index in [-0.39, 0.29) is 12.5 Å². The molecule has 5 rings (SSSR count). The Morgan fingerprint density at radius 2 is 1.76 bits per heavy atom. The van der Waals surface area contributed by atoms with Gasteiger partial charge in [-0.15, -0.1) is 11.3 Å². The molecule has 3 heterocycles. The van der Waals surface area contributed by atoms with E-state index in [2.05, 4.69) is 20.1 Å². The first-order valence-corrected chi connectivity index (χ1v) is 14.3. The number of hydrogen-bond donors (Lipinski definition) is 1. The Morgan fingerprint density at radius 1 is 0.947 bits per heavy atom. The Labute approximate surface area is 232 Å². The number of hydrogen-bond acceptors (Lipinski definition) is 8. The average Bonchev–Trinajstić information content (AvgIpc) is 3.39. The second-order valence-corrected chi connectivity index (χ2v) is 10.9. The number of carbonyl (C=O) groups is 1. The summed E-state index contributed by atoms with van der Waals surface area (Å²) in [6, 6.07) is 12.8. The molecule has 0 aliphatic carbocycles. The van der Waals surface area contributed by atoms with Gasteiger partial charge in [-0.3, -0.25) is 9.69 Å². The minimum Gasteiger partial charge on any atom is -0.490 e. The number of thiazole rings is 1. The minimum atomic E-state index is -0.119. The Kier molecular flexibility index (Phi) is 9.35. The van der Waals surface area contributed by atoms with Gasteiger partial charge >= 0.3 is 0 Å². The Hall–Kier alpha value is -2.85. The molecule has 38 heavy (non-hydrogen) atoms. The van der Waals surface area contributed by atoms with Gasteiger partial charge in [-0.25, -0.2) is 4.98 Å². The summed E-state index contributed by atoms with van der Waals surface area (Å²) in [6.07, 6.45) is 6.03. The van der Waals surface area contributed by atoms with Gasteiger partial charge in [0.25, 0.3) is 0 Å². The molecule has 1 aromatic heterocycles. The summed E-state index contributed by atoms with van der Waals surface area (Å²) in [7, 11) is 0. The van der Waals surface area contributed by atoms with Crippen molar-refractivity contribution < 1.29 is 19.0 Å². The first kappa shape index (κ1) is 26.7. The molecule has 8 nitrogen and oxygen atoms in total. The van der Waals surface area contributed by atoms with Crippen molar-refractivity contribution in [3.05, 3.63) is 58.6 Å². The number of fused-ring (bicyclic) bond motifs is 2. The number of carbonyl (C=O) groups excluding carboxylic acids is 1. The van der Waals surface area contributed by atoms with Crippen molar-refractivity contribution in [2.24, 2.45) is 0 Å². The zero-order valence-corrected chi connectivity index (χ0v) is 22.9. The largest absolute Gasteiger partial charge is 0.490 e. The van der Waals surface area contributed by atoms with Crippen LogP contribution in [0.15, 0.2) is 48.7 Å². The van der Waals surface area contributed by atoms with Crippen molar-refractivity contribution in [1.82, 2.24) is 9.88 Å². The highest BCUT2D eigenvalue weighted by Gasteiger charge is 2.19. The highest BCUT2D eigenvalue weighted by atomic mass is 35.5. The summed E-state index contributed by atoms with van der Waals surface area (Å²) in [5, 5.41) is 4.56. The molecule has 0 spiro atoms. The molecule has 1 N–H and O–H groups in total. The van der Waals surface area contributed by atoms with Crippen LogP contribution in [0.2, 0.25) is 5.02 Å². The fourth-order valence-electron chi connectivity index (χ4n) is 4.53. The van der Waals surface area contributed by atoms with E-state index in [0.29, 0.717) is 41.1 Å². The number of ether oxygens (including phenoxy) is 3. The zero-order valence-electron chi connectivity index (χ0n) is 21.4. The number of para-hydroxylation sites is 2. The number of aromatic nitrogens is 1.